The van der Waals surface area contributed by atoms with Gasteiger partial charge in [-0.2, -0.15) is 0 Å². The fraction of sp³-hybridized carbons (Fsp3) is 0.111. The second kappa shape index (κ2) is 7.81. The van der Waals surface area contributed by atoms with Gasteiger partial charge in [0.1, 0.15) is 22.8 Å². The summed E-state index contributed by atoms with van der Waals surface area (Å²) in [6.07, 6.45) is 8.96. The predicted molar refractivity (Wildman–Crippen MR) is 131 cm³/mol. The first kappa shape index (κ1) is 19.1. The van der Waals surface area contributed by atoms with Gasteiger partial charge in [-0.3, -0.25) is 0 Å². The van der Waals surface area contributed by atoms with Gasteiger partial charge in [-0.25, -0.2) is 9.98 Å². The summed E-state index contributed by atoms with van der Waals surface area (Å²) in [7, 11) is 0. The molecule has 1 aliphatic carbocycles. The standard InChI is InChI=1S/C27H20ClN3O/c28-19-15-21(24-20-13-7-8-14-22(20)32-23(24)16-19)27-30-25(17-9-3-1-4-10-17)29-26(31-27)18-11-5-2-6-12-18/h1-11,13-16,18,27H,12H2,(H,29,30,31). The van der Waals surface area contributed by atoms with E-state index in [4.69, 9.17) is 26.0 Å². The molecule has 1 N–H and O–H groups in total. The van der Waals surface area contributed by atoms with E-state index in [0.717, 1.165) is 51.2 Å². The molecule has 2 atom stereocenters. The maximum Gasteiger partial charge on any atom is 0.170 e. The summed E-state index contributed by atoms with van der Waals surface area (Å²) in [6.45, 7) is 0. The average molecular weight is 438 g/mol. The van der Waals surface area contributed by atoms with Gasteiger partial charge in [-0.15, -0.1) is 0 Å². The van der Waals surface area contributed by atoms with E-state index in [1.54, 1.807) is 0 Å². The number of furan rings is 1. The van der Waals surface area contributed by atoms with Crippen LogP contribution in [-0.4, -0.2) is 11.7 Å². The van der Waals surface area contributed by atoms with Gasteiger partial charge in [-0.05, 0) is 18.6 Å². The molecule has 0 amide bonds. The highest BCUT2D eigenvalue weighted by molar-refractivity contribution is 6.31. The maximum atomic E-state index is 6.52. The zero-order valence-corrected chi connectivity index (χ0v) is 18.0. The summed E-state index contributed by atoms with van der Waals surface area (Å²) in [5.41, 5.74) is 3.55. The van der Waals surface area contributed by atoms with Crippen molar-refractivity contribution in [3.05, 3.63) is 107 Å². The van der Waals surface area contributed by atoms with Crippen LogP contribution in [-0.2, 0) is 0 Å². The minimum absolute atomic E-state index is 0.174. The maximum absolute atomic E-state index is 6.52. The molecule has 0 saturated carbocycles. The Morgan fingerprint density at radius 3 is 2.59 bits per heavy atom. The smallest absolute Gasteiger partial charge is 0.170 e. The van der Waals surface area contributed by atoms with Gasteiger partial charge in [0.05, 0.1) is 0 Å². The van der Waals surface area contributed by atoms with Crippen molar-refractivity contribution in [1.82, 2.24) is 5.32 Å². The number of amidine groups is 2. The molecular formula is C27H20ClN3O. The lowest BCUT2D eigenvalue weighted by Gasteiger charge is -2.26. The molecule has 2 unspecified atom stereocenters. The first-order valence-corrected chi connectivity index (χ1v) is 11.1. The van der Waals surface area contributed by atoms with Crippen molar-refractivity contribution in [3.63, 3.8) is 0 Å². The molecule has 5 heteroatoms. The van der Waals surface area contributed by atoms with Gasteiger partial charge in [0.15, 0.2) is 6.17 Å². The number of aliphatic imine (C=N–C) groups is 2. The van der Waals surface area contributed by atoms with E-state index in [-0.39, 0.29) is 5.92 Å². The summed E-state index contributed by atoms with van der Waals surface area (Å²) < 4.78 is 6.10. The Kier molecular flexibility index (Phi) is 4.66. The summed E-state index contributed by atoms with van der Waals surface area (Å²) >= 11 is 6.52. The summed E-state index contributed by atoms with van der Waals surface area (Å²) in [4.78, 5) is 10.1. The number of halogens is 1. The van der Waals surface area contributed by atoms with Crippen molar-refractivity contribution in [2.45, 2.75) is 12.6 Å². The van der Waals surface area contributed by atoms with Gasteiger partial charge in [0.25, 0.3) is 0 Å². The van der Waals surface area contributed by atoms with Crippen molar-refractivity contribution in [1.29, 1.82) is 0 Å². The Bertz CT molecular complexity index is 1450. The van der Waals surface area contributed by atoms with E-state index in [1.165, 1.54) is 0 Å². The van der Waals surface area contributed by atoms with Crippen molar-refractivity contribution in [2.75, 3.05) is 0 Å². The van der Waals surface area contributed by atoms with E-state index >= 15 is 0 Å². The highest BCUT2D eigenvalue weighted by Gasteiger charge is 2.26. The van der Waals surface area contributed by atoms with Crippen LogP contribution in [0.3, 0.4) is 0 Å². The zero-order valence-electron chi connectivity index (χ0n) is 17.2. The second-order valence-electron chi connectivity index (χ2n) is 7.98. The molecule has 2 heterocycles. The van der Waals surface area contributed by atoms with Crippen LogP contribution in [0.15, 0.2) is 105 Å². The van der Waals surface area contributed by atoms with E-state index in [2.05, 4.69) is 47.8 Å². The molecule has 4 nitrogen and oxygen atoms in total. The molecule has 4 aromatic rings. The number of nitrogens with zero attached hydrogens (tertiary/aromatic N) is 2. The van der Waals surface area contributed by atoms with E-state index < -0.39 is 6.17 Å². The Labute approximate surface area is 190 Å². The van der Waals surface area contributed by atoms with Crippen LogP contribution >= 0.6 is 11.6 Å². The van der Waals surface area contributed by atoms with Crippen LogP contribution < -0.4 is 5.32 Å². The van der Waals surface area contributed by atoms with Crippen LogP contribution in [0.4, 0.5) is 0 Å². The second-order valence-corrected chi connectivity index (χ2v) is 8.41. The molecule has 32 heavy (non-hydrogen) atoms. The topological polar surface area (TPSA) is 49.9 Å². The average Bonchev–Trinajstić information content (AvgIpc) is 3.22. The SMILES string of the molecule is Clc1cc(C2N=C(c3ccccc3)NC(C3C=CC=CC3)=N2)c2c(c1)oc1ccccc12. The van der Waals surface area contributed by atoms with Gasteiger partial charge >= 0.3 is 0 Å². The number of hydrogen-bond acceptors (Lipinski definition) is 4. The normalized spacial score (nSPS) is 20.3. The fourth-order valence-electron chi connectivity index (χ4n) is 4.38. The third-order valence-electron chi connectivity index (χ3n) is 5.89. The molecule has 2 aliphatic rings. The fourth-order valence-corrected chi connectivity index (χ4v) is 4.59. The molecule has 1 aliphatic heterocycles. The minimum Gasteiger partial charge on any atom is -0.456 e. The monoisotopic (exact) mass is 437 g/mol. The summed E-state index contributed by atoms with van der Waals surface area (Å²) in [5.74, 6) is 1.89. The lowest BCUT2D eigenvalue weighted by Crippen LogP contribution is -2.39. The van der Waals surface area contributed by atoms with E-state index in [1.807, 2.05) is 48.5 Å². The number of allylic oxidation sites excluding steroid dienone is 3. The Morgan fingerprint density at radius 1 is 0.906 bits per heavy atom. The highest BCUT2D eigenvalue weighted by Crippen LogP contribution is 2.39. The lowest BCUT2D eigenvalue weighted by molar-refractivity contribution is 0.667. The Hall–Kier alpha value is -3.63. The molecule has 156 valence electrons. The molecule has 0 fully saturated rings. The van der Waals surface area contributed by atoms with Gasteiger partial charge < -0.3 is 9.73 Å². The predicted octanol–water partition coefficient (Wildman–Crippen LogP) is 6.82. The number of para-hydroxylation sites is 1. The van der Waals surface area contributed by atoms with Gasteiger partial charge in [-0.1, -0.05) is 84.4 Å². The molecule has 0 spiro atoms. The van der Waals surface area contributed by atoms with Gasteiger partial charge in [0.2, 0.25) is 0 Å². The third-order valence-corrected chi connectivity index (χ3v) is 6.11. The van der Waals surface area contributed by atoms with Crippen molar-refractivity contribution >= 4 is 45.2 Å². The molecule has 3 aromatic carbocycles. The van der Waals surface area contributed by atoms with E-state index in [9.17, 15) is 0 Å². The third kappa shape index (κ3) is 3.33. The minimum atomic E-state index is -0.428. The lowest BCUT2D eigenvalue weighted by atomic mass is 9.98. The zero-order chi connectivity index (χ0) is 21.5. The van der Waals surface area contributed by atoms with Crippen molar-refractivity contribution < 1.29 is 4.42 Å². The van der Waals surface area contributed by atoms with Crippen LogP contribution in [0.1, 0.15) is 23.7 Å². The molecule has 0 saturated heterocycles. The summed E-state index contributed by atoms with van der Waals surface area (Å²) in [6, 6.07) is 22.0. The first-order valence-electron chi connectivity index (χ1n) is 10.7. The van der Waals surface area contributed by atoms with Crippen molar-refractivity contribution in [3.8, 4) is 0 Å². The molecule has 6 rings (SSSR count). The van der Waals surface area contributed by atoms with Crippen LogP contribution in [0.5, 0.6) is 0 Å². The van der Waals surface area contributed by atoms with Gasteiger partial charge in [0, 0.05) is 38.9 Å². The molecular weight excluding hydrogens is 418 g/mol. The largest absolute Gasteiger partial charge is 0.456 e. The number of benzene rings is 3. The quantitative estimate of drug-likeness (QED) is 0.382. The Morgan fingerprint density at radius 2 is 1.75 bits per heavy atom. The van der Waals surface area contributed by atoms with E-state index in [0.29, 0.717) is 5.02 Å². The van der Waals surface area contributed by atoms with Crippen LogP contribution in [0.2, 0.25) is 5.02 Å². The number of rotatable bonds is 3. The first-order chi connectivity index (χ1) is 15.8. The molecule has 0 bridgehead atoms. The summed E-state index contributed by atoms with van der Waals surface area (Å²) in [5, 5.41) is 6.15. The van der Waals surface area contributed by atoms with Crippen LogP contribution in [0, 0.1) is 5.92 Å². The number of hydrogen-bond donors (Lipinski definition) is 1. The molecule has 1 aromatic heterocycles. The number of nitrogens with one attached hydrogen (secondary N) is 1. The van der Waals surface area contributed by atoms with Crippen molar-refractivity contribution in [2.24, 2.45) is 15.9 Å². The molecule has 0 radical (unpaired) electrons. The Balaban J connectivity index is 1.56. The van der Waals surface area contributed by atoms with Crippen LogP contribution in [0.25, 0.3) is 21.9 Å². The highest BCUT2D eigenvalue weighted by atomic mass is 35.5. The number of fused-ring (bicyclic) bond motifs is 3.